The highest BCUT2D eigenvalue weighted by molar-refractivity contribution is 8.17. The van der Waals surface area contributed by atoms with Gasteiger partial charge < -0.3 is 10.2 Å². The molecule has 0 aromatic carbocycles. The minimum atomic E-state index is 0.556. The van der Waals surface area contributed by atoms with Gasteiger partial charge in [0, 0.05) is 17.5 Å². The van der Waals surface area contributed by atoms with Gasteiger partial charge in [0.15, 0.2) is 10.3 Å². The maximum Gasteiger partial charge on any atom is 0.168 e. The third-order valence-electron chi connectivity index (χ3n) is 5.16. The van der Waals surface area contributed by atoms with Crippen LogP contribution in [0.3, 0.4) is 0 Å². The first-order chi connectivity index (χ1) is 11.3. The molecule has 23 heavy (non-hydrogen) atoms. The summed E-state index contributed by atoms with van der Waals surface area (Å²) in [7, 11) is 0. The van der Waals surface area contributed by atoms with Crippen molar-refractivity contribution >= 4 is 33.9 Å². The van der Waals surface area contributed by atoms with Gasteiger partial charge in [0.25, 0.3) is 0 Å². The topological polar surface area (TPSA) is 40.0 Å². The molecule has 0 spiro atoms. The van der Waals surface area contributed by atoms with Crippen molar-refractivity contribution in [3.8, 4) is 0 Å². The van der Waals surface area contributed by atoms with Crippen LogP contribution in [0.2, 0.25) is 0 Å². The summed E-state index contributed by atoms with van der Waals surface area (Å²) in [6.45, 7) is 3.21. The molecule has 126 valence electrons. The van der Waals surface area contributed by atoms with Gasteiger partial charge in [-0.2, -0.15) is 0 Å². The first-order valence-electron chi connectivity index (χ1n) is 9.01. The van der Waals surface area contributed by atoms with Crippen LogP contribution < -0.4 is 5.32 Å². The average molecular weight is 351 g/mol. The van der Waals surface area contributed by atoms with Gasteiger partial charge in [-0.25, -0.2) is 0 Å². The lowest BCUT2D eigenvalue weighted by Gasteiger charge is -2.31. The van der Waals surface area contributed by atoms with Crippen LogP contribution in [0.25, 0.3) is 0 Å². The zero-order valence-corrected chi connectivity index (χ0v) is 15.5. The van der Waals surface area contributed by atoms with E-state index in [1.54, 1.807) is 0 Å². The molecule has 2 unspecified atom stereocenters. The Kier molecular flexibility index (Phi) is 4.90. The van der Waals surface area contributed by atoms with Gasteiger partial charge in [-0.05, 0) is 24.7 Å². The second kappa shape index (κ2) is 7.09. The van der Waals surface area contributed by atoms with E-state index >= 15 is 0 Å². The van der Waals surface area contributed by atoms with Gasteiger partial charge >= 0.3 is 0 Å². The third-order valence-corrected chi connectivity index (χ3v) is 7.03. The number of hydrogen-bond acceptors (Lipinski definition) is 6. The second-order valence-electron chi connectivity index (χ2n) is 6.85. The lowest BCUT2D eigenvalue weighted by Crippen LogP contribution is -2.39. The highest BCUT2D eigenvalue weighted by atomic mass is 32.2. The number of nitrogens with one attached hydrogen (secondary N) is 1. The second-order valence-corrected chi connectivity index (χ2v) is 8.65. The van der Waals surface area contributed by atoms with Crippen LogP contribution in [0.5, 0.6) is 0 Å². The molecule has 1 N–H and O–H groups in total. The molecule has 0 saturated heterocycles. The Morgan fingerprint density at radius 2 is 2.30 bits per heavy atom. The number of unbranched alkanes of at least 4 members (excludes halogenated alkanes) is 1. The highest BCUT2D eigenvalue weighted by Gasteiger charge is 2.41. The Morgan fingerprint density at radius 3 is 3.22 bits per heavy atom. The molecular weight excluding hydrogens is 324 g/mol. The number of nitrogens with zero attached hydrogens (tertiary/aromatic N) is 3. The Balaban J connectivity index is 1.30. The average Bonchev–Trinajstić information content (AvgIpc) is 3.26. The van der Waals surface area contributed by atoms with Crippen molar-refractivity contribution in [3.63, 3.8) is 0 Å². The van der Waals surface area contributed by atoms with E-state index in [1.807, 2.05) is 23.5 Å². The molecule has 3 aliphatic heterocycles. The molecule has 4 nitrogen and oxygen atoms in total. The van der Waals surface area contributed by atoms with Gasteiger partial charge in [0.05, 0.1) is 18.6 Å². The lowest BCUT2D eigenvalue weighted by molar-refractivity contribution is 0.285. The Bertz CT molecular complexity index is 543. The van der Waals surface area contributed by atoms with Crippen LogP contribution in [-0.2, 0) is 0 Å². The van der Waals surface area contributed by atoms with E-state index in [0.717, 1.165) is 17.5 Å². The summed E-state index contributed by atoms with van der Waals surface area (Å²) >= 11 is 3.69. The smallest absolute Gasteiger partial charge is 0.168 e. The summed E-state index contributed by atoms with van der Waals surface area (Å²) in [6, 6.07) is 1.76. The minimum Gasteiger partial charge on any atom is -0.360 e. The SMILES string of the molecule is CCCCC1CN=C(SCC2=CSC3=N[C@H]4CCCCC4N23)N1. The molecule has 4 rings (SSSR count). The monoisotopic (exact) mass is 350 g/mol. The van der Waals surface area contributed by atoms with Crippen LogP contribution in [0.1, 0.15) is 51.9 Å². The number of hydrogen-bond donors (Lipinski definition) is 1. The molecule has 6 heteroatoms. The summed E-state index contributed by atoms with van der Waals surface area (Å²) in [5.41, 5.74) is 1.44. The summed E-state index contributed by atoms with van der Waals surface area (Å²) in [4.78, 5) is 12.2. The van der Waals surface area contributed by atoms with Gasteiger partial charge in [0.1, 0.15) is 0 Å². The molecule has 1 aliphatic carbocycles. The highest BCUT2D eigenvalue weighted by Crippen LogP contribution is 2.41. The first kappa shape index (κ1) is 15.9. The van der Waals surface area contributed by atoms with Crippen molar-refractivity contribution in [2.75, 3.05) is 12.3 Å². The Labute approximate surface area is 147 Å². The number of fused-ring (bicyclic) bond motifs is 3. The molecule has 1 saturated carbocycles. The van der Waals surface area contributed by atoms with Crippen LogP contribution in [0.4, 0.5) is 0 Å². The standard InChI is InChI=1S/C17H26N4S2/c1-2-3-6-12-9-18-16(19-12)22-10-13-11-23-17-20-14-7-4-5-8-15(14)21(13)17/h11-12,14-15H,2-10H2,1H3,(H,18,19)/t12?,14-,15?/m0/s1. The van der Waals surface area contributed by atoms with Crippen molar-refractivity contribution in [1.29, 1.82) is 0 Å². The fourth-order valence-corrected chi connectivity index (χ4v) is 5.93. The number of aliphatic imine (C=N–C) groups is 2. The number of thioether (sulfide) groups is 2. The molecule has 4 aliphatic rings. The van der Waals surface area contributed by atoms with E-state index in [9.17, 15) is 0 Å². The zero-order chi connectivity index (χ0) is 15.6. The molecule has 0 radical (unpaired) electrons. The molecule has 3 atom stereocenters. The van der Waals surface area contributed by atoms with Crippen LogP contribution in [0, 0.1) is 0 Å². The van der Waals surface area contributed by atoms with E-state index in [-0.39, 0.29) is 0 Å². The summed E-state index contributed by atoms with van der Waals surface area (Å²) in [6.07, 6.45) is 9.10. The van der Waals surface area contributed by atoms with E-state index in [2.05, 4.69) is 27.5 Å². The van der Waals surface area contributed by atoms with E-state index in [0.29, 0.717) is 18.1 Å². The maximum absolute atomic E-state index is 4.95. The predicted octanol–water partition coefficient (Wildman–Crippen LogP) is 3.81. The van der Waals surface area contributed by atoms with Crippen LogP contribution >= 0.6 is 23.5 Å². The molecule has 3 heterocycles. The van der Waals surface area contributed by atoms with E-state index in [1.165, 1.54) is 55.8 Å². The molecule has 1 fully saturated rings. The van der Waals surface area contributed by atoms with Crippen molar-refractivity contribution in [1.82, 2.24) is 10.2 Å². The molecule has 0 aromatic heterocycles. The molecule has 0 aromatic rings. The Hall–Kier alpha value is -0.620. The fourth-order valence-electron chi connectivity index (χ4n) is 3.90. The lowest BCUT2D eigenvalue weighted by atomic mass is 9.91. The number of rotatable bonds is 5. The van der Waals surface area contributed by atoms with Gasteiger partial charge in [-0.15, -0.1) is 0 Å². The quantitative estimate of drug-likeness (QED) is 0.818. The molecular formula is C17H26N4S2. The zero-order valence-electron chi connectivity index (χ0n) is 13.8. The summed E-state index contributed by atoms with van der Waals surface area (Å²) in [5, 5.41) is 8.29. The largest absolute Gasteiger partial charge is 0.360 e. The predicted molar refractivity (Wildman–Crippen MR) is 102 cm³/mol. The fraction of sp³-hybridized carbons (Fsp3) is 0.765. The van der Waals surface area contributed by atoms with Crippen LogP contribution in [0.15, 0.2) is 21.1 Å². The van der Waals surface area contributed by atoms with Crippen molar-refractivity contribution in [3.05, 3.63) is 11.1 Å². The first-order valence-corrected chi connectivity index (χ1v) is 10.9. The Morgan fingerprint density at radius 1 is 1.39 bits per heavy atom. The maximum atomic E-state index is 4.95. The number of amidine groups is 2. The van der Waals surface area contributed by atoms with Crippen LogP contribution in [-0.4, -0.2) is 45.7 Å². The van der Waals surface area contributed by atoms with E-state index in [4.69, 9.17) is 4.99 Å². The van der Waals surface area contributed by atoms with Crippen molar-refractivity contribution < 1.29 is 0 Å². The summed E-state index contributed by atoms with van der Waals surface area (Å²) < 4.78 is 0. The van der Waals surface area contributed by atoms with Crippen molar-refractivity contribution in [2.45, 2.75) is 70.0 Å². The van der Waals surface area contributed by atoms with Gasteiger partial charge in [-0.1, -0.05) is 56.1 Å². The molecule has 0 amide bonds. The summed E-state index contributed by atoms with van der Waals surface area (Å²) in [5.74, 6) is 1.02. The van der Waals surface area contributed by atoms with Gasteiger partial charge in [0.2, 0.25) is 0 Å². The molecule has 0 bridgehead atoms. The normalized spacial score (nSPS) is 32.1. The van der Waals surface area contributed by atoms with Gasteiger partial charge in [-0.3, -0.25) is 9.98 Å². The third kappa shape index (κ3) is 3.29. The van der Waals surface area contributed by atoms with E-state index < -0.39 is 0 Å². The minimum absolute atomic E-state index is 0.556. The van der Waals surface area contributed by atoms with Crippen molar-refractivity contribution in [2.24, 2.45) is 9.98 Å².